The summed E-state index contributed by atoms with van der Waals surface area (Å²) in [5, 5.41) is 45.7. The van der Waals surface area contributed by atoms with E-state index in [1.807, 2.05) is 13.8 Å². The van der Waals surface area contributed by atoms with Crippen LogP contribution in [0.1, 0.15) is 20.8 Å². The smallest absolute Gasteiger partial charge is 0.311 e. The number of benzene rings is 4. The molecule has 7 rings (SSSR count). The number of nitrogens with zero attached hydrogens (tertiary/aromatic N) is 9. The van der Waals surface area contributed by atoms with Gasteiger partial charge in [-0.25, -0.2) is 0 Å². The molecule has 0 radical (unpaired) electrons. The van der Waals surface area contributed by atoms with Gasteiger partial charge in [-0.05, 0) is 72.2 Å². The largest absolute Gasteiger partial charge is 0.487 e. The van der Waals surface area contributed by atoms with Gasteiger partial charge in [0.15, 0.2) is 17.2 Å². The zero-order valence-corrected chi connectivity index (χ0v) is 45.7. The zero-order valence-electron chi connectivity index (χ0n) is 41.0. The van der Waals surface area contributed by atoms with Gasteiger partial charge in [-0.15, -0.1) is 0 Å². The van der Waals surface area contributed by atoms with Crippen LogP contribution in [0.25, 0.3) is 0 Å². The Morgan fingerprint density at radius 1 is 0.507 bits per heavy atom. The standard InChI is InChI=1S/2C13H19N3O3.C8H8BrNO3.C6H3BrFNO2.C5H12N2.CH3.Pd/c2*1-3-19-13-10-11(4-5-12(13)16(17)18)15-8-6-14(2)7-9-15;1-2-13-8-5-6(9)3-4-7(8)10(11)12;7-4-1-2-6(9(10)11)5(8)3-4;1-7-4-2-6-3-5-7;;/h2*4-5,10H,3,6-9H2,1-2H3;3-5H,2H2,1H3;1-3H;6H,2-5H2,1H3;1H3;/q;;;;;-1;. The third kappa shape index (κ3) is 22.0. The van der Waals surface area contributed by atoms with E-state index in [4.69, 9.17) is 14.2 Å². The number of rotatable bonds is 12. The second kappa shape index (κ2) is 33.5. The maximum Gasteiger partial charge on any atom is 0.311 e. The maximum absolute atomic E-state index is 12.6. The van der Waals surface area contributed by atoms with E-state index in [1.165, 1.54) is 37.4 Å². The van der Waals surface area contributed by atoms with Crippen LogP contribution < -0.4 is 29.3 Å². The monoisotopic (exact) mass is 1220 g/mol. The van der Waals surface area contributed by atoms with E-state index in [0.717, 1.165) is 93.4 Å². The fourth-order valence-corrected chi connectivity index (χ4v) is 7.36. The minimum Gasteiger partial charge on any atom is -0.487 e. The molecular formula is C46H64Br2FN10O11Pd-. The van der Waals surface area contributed by atoms with E-state index < -0.39 is 31.2 Å². The van der Waals surface area contributed by atoms with Crippen LogP contribution in [0.3, 0.4) is 0 Å². The van der Waals surface area contributed by atoms with Crippen molar-refractivity contribution >= 4 is 66.0 Å². The molecule has 1 N–H and O–H groups in total. The van der Waals surface area contributed by atoms with Gasteiger partial charge in [0, 0.05) is 162 Å². The average molecular weight is 1220 g/mol. The van der Waals surface area contributed by atoms with E-state index >= 15 is 0 Å². The summed E-state index contributed by atoms with van der Waals surface area (Å²) < 4.78 is 29.7. The summed E-state index contributed by atoms with van der Waals surface area (Å²) in [6, 6.07) is 18.4. The van der Waals surface area contributed by atoms with Crippen LogP contribution in [0.4, 0.5) is 38.5 Å². The summed E-state index contributed by atoms with van der Waals surface area (Å²) in [5.74, 6) is 0.166. The van der Waals surface area contributed by atoms with Crippen LogP contribution >= 0.6 is 31.9 Å². The molecule has 3 aliphatic rings. The summed E-state index contributed by atoms with van der Waals surface area (Å²) in [4.78, 5) is 51.8. The molecule has 4 aromatic carbocycles. The van der Waals surface area contributed by atoms with Gasteiger partial charge in [0.2, 0.25) is 5.82 Å². The van der Waals surface area contributed by atoms with E-state index in [2.05, 4.69) is 82.8 Å². The van der Waals surface area contributed by atoms with Crippen molar-refractivity contribution in [1.29, 1.82) is 0 Å². The Labute approximate surface area is 445 Å². The molecule has 0 aromatic heterocycles. The number of nitrogens with one attached hydrogen (secondary N) is 1. The first kappa shape index (κ1) is 63.9. The van der Waals surface area contributed by atoms with Gasteiger partial charge in [0.05, 0.1) is 39.5 Å². The molecule has 4 aromatic rings. The van der Waals surface area contributed by atoms with E-state index in [0.29, 0.717) is 41.5 Å². The molecule has 0 spiro atoms. The molecule has 0 amide bonds. The first-order chi connectivity index (χ1) is 32.9. The van der Waals surface area contributed by atoms with Crippen LogP contribution in [-0.2, 0) is 20.4 Å². The Morgan fingerprint density at radius 3 is 1.13 bits per heavy atom. The van der Waals surface area contributed by atoms with Crippen molar-refractivity contribution in [2.45, 2.75) is 20.8 Å². The average Bonchev–Trinajstić information content (AvgIpc) is 3.30. The Kier molecular flexibility index (Phi) is 30.2. The molecule has 21 nitrogen and oxygen atoms in total. The van der Waals surface area contributed by atoms with Gasteiger partial charge in [-0.3, -0.25) is 40.5 Å². The Balaban J connectivity index is 0.000000457. The molecule has 25 heteroatoms. The second-order valence-corrected chi connectivity index (χ2v) is 17.3. The van der Waals surface area contributed by atoms with Crippen LogP contribution in [0.2, 0.25) is 0 Å². The Hall–Kier alpha value is -5.13. The topological polar surface area (TPSA) is 228 Å². The van der Waals surface area contributed by atoms with Crippen molar-refractivity contribution in [3.05, 3.63) is 135 Å². The van der Waals surface area contributed by atoms with Crippen molar-refractivity contribution in [1.82, 2.24) is 20.0 Å². The normalized spacial score (nSPS) is 14.5. The molecule has 0 saturated carbocycles. The molecule has 396 valence electrons. The van der Waals surface area contributed by atoms with Crippen LogP contribution in [0.5, 0.6) is 17.2 Å². The van der Waals surface area contributed by atoms with Crippen molar-refractivity contribution in [3.63, 3.8) is 0 Å². The third-order valence-electron chi connectivity index (χ3n) is 10.5. The van der Waals surface area contributed by atoms with Gasteiger partial charge in [-0.2, -0.15) is 4.39 Å². The number of hydrogen-bond donors (Lipinski definition) is 1. The maximum atomic E-state index is 12.6. The molecule has 3 saturated heterocycles. The number of hydrogen-bond acceptors (Lipinski definition) is 17. The number of nitro groups is 4. The summed E-state index contributed by atoms with van der Waals surface area (Å²) in [5.41, 5.74) is 1.52. The predicted molar refractivity (Wildman–Crippen MR) is 277 cm³/mol. The molecule has 0 atom stereocenters. The van der Waals surface area contributed by atoms with E-state index in [-0.39, 0.29) is 44.9 Å². The van der Waals surface area contributed by atoms with Crippen molar-refractivity contribution in [2.24, 2.45) is 0 Å². The van der Waals surface area contributed by atoms with Gasteiger partial charge >= 0.3 is 22.7 Å². The zero-order chi connectivity index (χ0) is 51.0. The number of likely N-dealkylation sites (N-methyl/N-ethyl adjacent to an activating group) is 3. The molecule has 0 aliphatic carbocycles. The number of anilines is 2. The first-order valence-electron chi connectivity index (χ1n) is 22.1. The third-order valence-corrected chi connectivity index (χ3v) is 11.5. The predicted octanol–water partition coefficient (Wildman–Crippen LogP) is 8.71. The fraction of sp³-hybridized carbons (Fsp3) is 0.457. The molecular weight excluding hydrogens is 1150 g/mol. The SMILES string of the molecule is CCOc1cc(Br)ccc1[N+](=O)[O-].CCOc1cc(N2CCN(C)CC2)ccc1[N+](=O)[O-].CCOc1cc(N2CCN(C)CC2)ccc1[N+](=O)[O-].CN1CCNCC1.O=[N+]([O-])c1ccc(Br)cc1F.[CH3-].[Pd]. The summed E-state index contributed by atoms with van der Waals surface area (Å²) in [6.45, 7) is 19.2. The summed E-state index contributed by atoms with van der Waals surface area (Å²) in [7, 11) is 6.35. The molecule has 3 fully saturated rings. The summed E-state index contributed by atoms with van der Waals surface area (Å²) in [6.07, 6.45) is 0. The molecule has 3 heterocycles. The molecule has 71 heavy (non-hydrogen) atoms. The number of nitro benzene ring substituents is 4. The number of piperazine rings is 3. The van der Waals surface area contributed by atoms with Gasteiger partial charge in [0.1, 0.15) is 0 Å². The molecule has 3 aliphatic heterocycles. The molecule has 0 unspecified atom stereocenters. The minimum atomic E-state index is -0.829. The van der Waals surface area contributed by atoms with Crippen molar-refractivity contribution in [3.8, 4) is 17.2 Å². The number of halogens is 3. The van der Waals surface area contributed by atoms with Crippen molar-refractivity contribution < 1.29 is 58.7 Å². The van der Waals surface area contributed by atoms with E-state index in [1.54, 1.807) is 43.3 Å². The van der Waals surface area contributed by atoms with E-state index in [9.17, 15) is 44.8 Å². The van der Waals surface area contributed by atoms with Crippen LogP contribution in [0.15, 0.2) is 81.7 Å². The van der Waals surface area contributed by atoms with Gasteiger partial charge in [-0.1, -0.05) is 31.9 Å². The Bertz CT molecular complexity index is 2200. The summed E-state index contributed by atoms with van der Waals surface area (Å²) >= 11 is 6.20. The van der Waals surface area contributed by atoms with Gasteiger partial charge in [0.25, 0.3) is 0 Å². The van der Waals surface area contributed by atoms with Crippen LogP contribution in [-0.4, -0.2) is 154 Å². The molecule has 0 bridgehead atoms. The quantitative estimate of drug-likeness (QED) is 0.0605. The first-order valence-corrected chi connectivity index (χ1v) is 23.7. The Morgan fingerprint density at radius 2 is 0.817 bits per heavy atom. The second-order valence-electron chi connectivity index (χ2n) is 15.5. The fourth-order valence-electron chi connectivity index (χ4n) is 6.69. The van der Waals surface area contributed by atoms with Gasteiger partial charge < -0.3 is 51.5 Å². The minimum absolute atomic E-state index is 0. The number of ether oxygens (including phenoxy) is 3. The van der Waals surface area contributed by atoms with Crippen LogP contribution in [0, 0.1) is 53.7 Å². The van der Waals surface area contributed by atoms with Crippen molar-refractivity contribution in [2.75, 3.05) is 129 Å².